The van der Waals surface area contributed by atoms with Gasteiger partial charge in [-0.15, -0.1) is 0 Å². The average Bonchev–Trinajstić information content (AvgIpc) is 3.50. The van der Waals surface area contributed by atoms with Crippen LogP contribution in [0.25, 0.3) is 66.3 Å². The zero-order chi connectivity index (χ0) is 30.9. The second kappa shape index (κ2) is 13.7. The van der Waals surface area contributed by atoms with Gasteiger partial charge in [0.15, 0.2) is 0 Å². The minimum absolute atomic E-state index is 0. The van der Waals surface area contributed by atoms with Crippen molar-refractivity contribution in [1.29, 1.82) is 0 Å². The van der Waals surface area contributed by atoms with Crippen LogP contribution < -0.4 is 31.2 Å². The lowest BCUT2D eigenvalue weighted by Crippen LogP contribution is -1.97. The first-order chi connectivity index (χ1) is 22.1. The molecule has 0 saturated heterocycles. The van der Waals surface area contributed by atoms with Gasteiger partial charge in [0.05, 0.1) is 34.0 Å². The van der Waals surface area contributed by atoms with Crippen LogP contribution in [0.1, 0.15) is 0 Å². The molecule has 7 N–H and O–H groups in total. The van der Waals surface area contributed by atoms with Gasteiger partial charge in [0.2, 0.25) is 0 Å². The molecular weight excluding hydrogens is 586 g/mol. The van der Waals surface area contributed by atoms with Crippen molar-refractivity contribution in [2.75, 3.05) is 28.4 Å². The molecule has 7 heteroatoms. The first-order valence-electron chi connectivity index (χ1n) is 14.8. The molecule has 6 aromatic carbocycles. The molecule has 0 amide bonds. The lowest BCUT2D eigenvalue weighted by atomic mass is 9.80. The summed E-state index contributed by atoms with van der Waals surface area (Å²) in [5.74, 6) is 3.23. The Labute approximate surface area is 274 Å². The lowest BCUT2D eigenvalue weighted by molar-refractivity contribution is 0.414. The van der Waals surface area contributed by atoms with Gasteiger partial charge in [0.1, 0.15) is 23.0 Å². The summed E-state index contributed by atoms with van der Waals surface area (Å²) in [4.78, 5) is 3.84. The summed E-state index contributed by atoms with van der Waals surface area (Å²) >= 11 is 0. The third kappa shape index (κ3) is 5.74. The van der Waals surface area contributed by atoms with Crippen molar-refractivity contribution >= 4 is 21.8 Å². The van der Waals surface area contributed by atoms with Gasteiger partial charge in [-0.05, 0) is 82.4 Å². The van der Waals surface area contributed by atoms with Crippen LogP contribution in [-0.2, 0) is 0 Å². The molecule has 7 aromatic rings. The van der Waals surface area contributed by atoms with Crippen LogP contribution in [0.5, 0.6) is 23.0 Å². The highest BCUT2D eigenvalue weighted by Crippen LogP contribution is 2.52. The predicted molar refractivity (Wildman–Crippen MR) is 194 cm³/mol. The van der Waals surface area contributed by atoms with Crippen molar-refractivity contribution in [1.82, 2.24) is 17.3 Å². The number of benzene rings is 6. The number of H-pyrrole nitrogens is 1. The number of methoxy groups -OCH3 is 4. The molecule has 47 heavy (non-hydrogen) atoms. The molecule has 0 aliphatic carbocycles. The van der Waals surface area contributed by atoms with Crippen LogP contribution >= 0.6 is 0 Å². The van der Waals surface area contributed by atoms with Gasteiger partial charge in [-0.2, -0.15) is 0 Å². The molecule has 7 rings (SSSR count). The van der Waals surface area contributed by atoms with E-state index in [0.29, 0.717) is 0 Å². The van der Waals surface area contributed by atoms with E-state index in [-0.39, 0.29) is 12.3 Å². The highest BCUT2D eigenvalue weighted by molar-refractivity contribution is 6.25. The molecule has 1 aromatic heterocycles. The maximum atomic E-state index is 5.57. The lowest BCUT2D eigenvalue weighted by Gasteiger charge is -2.23. The first-order valence-corrected chi connectivity index (χ1v) is 14.8. The fourth-order valence-electron chi connectivity index (χ4n) is 6.27. The van der Waals surface area contributed by atoms with Gasteiger partial charge < -0.3 is 36.2 Å². The molecule has 0 aliphatic rings. The summed E-state index contributed by atoms with van der Waals surface area (Å²) in [6, 6.07) is 41.8. The van der Waals surface area contributed by atoms with Crippen LogP contribution in [0.4, 0.5) is 0 Å². The second-order valence-electron chi connectivity index (χ2n) is 10.8. The fourth-order valence-corrected chi connectivity index (χ4v) is 6.27. The molecule has 0 fully saturated rings. The Morgan fingerprint density at radius 2 is 0.723 bits per heavy atom. The van der Waals surface area contributed by atoms with E-state index in [2.05, 4.69) is 77.8 Å². The Morgan fingerprint density at radius 1 is 0.383 bits per heavy atom. The van der Waals surface area contributed by atoms with Crippen molar-refractivity contribution in [2.24, 2.45) is 0 Å². The van der Waals surface area contributed by atoms with Crippen LogP contribution in [0.3, 0.4) is 0 Å². The number of hydrogen-bond donors (Lipinski definition) is 3. The number of ether oxygens (including phenoxy) is 4. The Bertz CT molecular complexity index is 2120. The Balaban J connectivity index is 0.00000217. The molecule has 0 spiro atoms. The normalized spacial score (nSPS) is 10.6. The number of hydrogen-bond acceptors (Lipinski definition) is 6. The summed E-state index contributed by atoms with van der Waals surface area (Å²) in [7, 11) is 6.78. The largest absolute Gasteiger partial charge is 0.497 e. The molecule has 0 atom stereocenters. The van der Waals surface area contributed by atoms with Gasteiger partial charge in [-0.3, -0.25) is 0 Å². The molecular formula is C40H39N3O4. The van der Waals surface area contributed by atoms with Crippen molar-refractivity contribution in [3.63, 3.8) is 0 Å². The molecule has 0 unspecified atom stereocenters. The Kier molecular flexibility index (Phi) is 9.51. The average molecular weight is 626 g/mol. The smallest absolute Gasteiger partial charge is 0.118 e. The zero-order valence-corrected chi connectivity index (χ0v) is 27.1. The van der Waals surface area contributed by atoms with E-state index in [1.807, 2.05) is 48.5 Å². The molecule has 0 bridgehead atoms. The molecule has 0 radical (unpaired) electrons. The van der Waals surface area contributed by atoms with Gasteiger partial charge >= 0.3 is 0 Å². The van der Waals surface area contributed by atoms with Crippen LogP contribution in [0.15, 0.2) is 121 Å². The van der Waals surface area contributed by atoms with Crippen LogP contribution in [0, 0.1) is 0 Å². The zero-order valence-electron chi connectivity index (χ0n) is 27.1. The summed E-state index contributed by atoms with van der Waals surface area (Å²) < 4.78 is 22.2. The quantitative estimate of drug-likeness (QED) is 0.154. The number of fused-ring (bicyclic) bond motifs is 3. The van der Waals surface area contributed by atoms with E-state index in [1.165, 1.54) is 0 Å². The van der Waals surface area contributed by atoms with Gasteiger partial charge in [0, 0.05) is 33.0 Å². The van der Waals surface area contributed by atoms with E-state index in [1.54, 1.807) is 28.4 Å². The van der Waals surface area contributed by atoms with Crippen LogP contribution in [-0.4, -0.2) is 33.4 Å². The monoisotopic (exact) mass is 625 g/mol. The molecule has 0 aliphatic heterocycles. The first kappa shape index (κ1) is 32.6. The minimum Gasteiger partial charge on any atom is -0.497 e. The summed E-state index contributed by atoms with van der Waals surface area (Å²) in [6.45, 7) is 0. The fraction of sp³-hybridized carbons (Fsp3) is 0.100. The summed E-state index contributed by atoms with van der Waals surface area (Å²) in [6.07, 6.45) is 0. The van der Waals surface area contributed by atoms with E-state index in [9.17, 15) is 0 Å². The topological polar surface area (TPSA) is 123 Å². The predicted octanol–water partition coefficient (Wildman–Crippen LogP) is 10.3. The van der Waals surface area contributed by atoms with Crippen molar-refractivity contribution in [2.45, 2.75) is 0 Å². The van der Waals surface area contributed by atoms with Gasteiger partial charge in [-0.25, -0.2) is 0 Å². The van der Waals surface area contributed by atoms with E-state index in [0.717, 1.165) is 89.3 Å². The van der Waals surface area contributed by atoms with Crippen molar-refractivity contribution < 1.29 is 18.9 Å². The van der Waals surface area contributed by atoms with E-state index >= 15 is 0 Å². The van der Waals surface area contributed by atoms with E-state index < -0.39 is 0 Å². The summed E-state index contributed by atoms with van der Waals surface area (Å²) in [5.41, 5.74) is 10.9. The molecule has 1 heterocycles. The van der Waals surface area contributed by atoms with Gasteiger partial charge in [-0.1, -0.05) is 66.7 Å². The summed E-state index contributed by atoms with van der Waals surface area (Å²) in [5, 5.41) is 2.31. The number of aromatic nitrogens is 1. The number of aromatic amines is 1. The maximum Gasteiger partial charge on any atom is 0.118 e. The Morgan fingerprint density at radius 3 is 1.13 bits per heavy atom. The minimum atomic E-state index is 0. The molecule has 7 nitrogen and oxygen atoms in total. The third-order valence-corrected chi connectivity index (χ3v) is 8.47. The SMILES string of the molecule is COc1ccc(-c2c(-c3ccc(OC)cc3)c(-c3ccc(OC)cc3)c3c([nH]c4ccccc43)c2-c2ccc(OC)cc2)cc1.N.N. The third-order valence-electron chi connectivity index (χ3n) is 8.47. The van der Waals surface area contributed by atoms with Gasteiger partial charge in [0.25, 0.3) is 0 Å². The highest BCUT2D eigenvalue weighted by atomic mass is 16.5. The highest BCUT2D eigenvalue weighted by Gasteiger charge is 2.26. The van der Waals surface area contributed by atoms with Crippen molar-refractivity contribution in [3.8, 4) is 67.5 Å². The van der Waals surface area contributed by atoms with E-state index in [4.69, 9.17) is 18.9 Å². The Hall–Kier alpha value is -5.76. The van der Waals surface area contributed by atoms with Crippen molar-refractivity contribution in [3.05, 3.63) is 121 Å². The number of rotatable bonds is 8. The molecule has 238 valence electrons. The molecule has 0 saturated carbocycles. The number of nitrogens with one attached hydrogen (secondary N) is 1. The van der Waals surface area contributed by atoms with Crippen LogP contribution in [0.2, 0.25) is 0 Å². The number of para-hydroxylation sites is 1. The maximum absolute atomic E-state index is 5.57. The second-order valence-corrected chi connectivity index (χ2v) is 10.8. The standard InChI is InChI=1S/C40H33NO4.2H3N/c1-42-29-17-9-25(10-18-29)35-36(26-11-19-30(43-2)20-12-26)38(28-15-23-32(45-4)24-16-28)40-39(33-7-5-6-8-34(33)41-40)37(35)27-13-21-31(44-3)22-14-27;;/h5-24,41H,1-4H3;2*1H3.